The van der Waals surface area contributed by atoms with Crippen LogP contribution >= 0.6 is 12.4 Å². The number of carboxylic acids is 2. The molecule has 0 atom stereocenters. The van der Waals surface area contributed by atoms with Crippen molar-refractivity contribution in [3.63, 3.8) is 0 Å². The van der Waals surface area contributed by atoms with Gasteiger partial charge in [-0.1, -0.05) is 97.1 Å². The molecule has 69 heavy (non-hydrogen) atoms. The highest BCUT2D eigenvalue weighted by molar-refractivity contribution is 5.85. The van der Waals surface area contributed by atoms with Gasteiger partial charge in [0, 0.05) is 38.3 Å². The van der Waals surface area contributed by atoms with Gasteiger partial charge in [0.25, 0.3) is 0 Å². The Kier molecular flexibility index (Phi) is 29.3. The molecular weight excluding hydrogens is 904 g/mol. The number of alkyl carbamates (subject to hydrolysis) is 2. The zero-order chi connectivity index (χ0) is 51.5. The van der Waals surface area contributed by atoms with Crippen LogP contribution in [-0.2, 0) is 80.5 Å². The molecule has 0 aromatic heterocycles. The number of nitrogens with one attached hydrogen (secondary N) is 4. The van der Waals surface area contributed by atoms with Crippen molar-refractivity contribution in [1.82, 2.24) is 21.3 Å². The molecule has 0 radical (unpaired) electrons. The van der Waals surface area contributed by atoms with Crippen LogP contribution < -0.4 is 32.7 Å². The van der Waals surface area contributed by atoms with Gasteiger partial charge >= 0.3 is 24.1 Å². The number of benzene rings is 4. The average Bonchev–Trinajstić information content (AvgIpc) is 3.22. The van der Waals surface area contributed by atoms with Crippen LogP contribution in [0.25, 0.3) is 0 Å². The molecule has 0 heterocycles. The van der Waals surface area contributed by atoms with Gasteiger partial charge in [0.15, 0.2) is 0 Å². The second-order valence-electron chi connectivity index (χ2n) is 18.3. The van der Waals surface area contributed by atoms with Crippen LogP contribution in [0.3, 0.4) is 0 Å². The Morgan fingerprint density at radius 1 is 0.449 bits per heavy atom. The molecule has 0 saturated carbocycles. The van der Waals surface area contributed by atoms with Crippen molar-refractivity contribution in [2.75, 3.05) is 0 Å². The Hall–Kier alpha value is -6.49. The van der Waals surface area contributed by atoms with Gasteiger partial charge in [0.2, 0.25) is 11.8 Å². The number of rotatable bonds is 16. The fourth-order valence-electron chi connectivity index (χ4n) is 5.58. The number of carboxylic acid groups (broad SMARTS) is 2. The van der Waals surface area contributed by atoms with Crippen LogP contribution in [0.5, 0.6) is 0 Å². The third kappa shape index (κ3) is 32.8. The van der Waals surface area contributed by atoms with Gasteiger partial charge in [-0.25, -0.2) is 9.59 Å². The third-order valence-corrected chi connectivity index (χ3v) is 8.57. The van der Waals surface area contributed by atoms with E-state index in [9.17, 15) is 28.8 Å². The number of halogens is 1. The van der Waals surface area contributed by atoms with E-state index in [-0.39, 0.29) is 49.1 Å². The maximum absolute atomic E-state index is 11.7. The Balaban J connectivity index is 0.000000909. The molecule has 17 heteroatoms. The van der Waals surface area contributed by atoms with Gasteiger partial charge in [-0.15, -0.1) is 12.4 Å². The lowest BCUT2D eigenvalue weighted by atomic mass is 10.1. The molecule has 4 aromatic rings. The molecule has 16 nitrogen and oxygen atoms in total. The first-order valence-corrected chi connectivity index (χ1v) is 22.4. The predicted molar refractivity (Wildman–Crippen MR) is 272 cm³/mol. The maximum Gasteiger partial charge on any atom is 0.407 e. The quantitative estimate of drug-likeness (QED) is 0.0542. The van der Waals surface area contributed by atoms with E-state index in [0.29, 0.717) is 39.0 Å². The monoisotopic (exact) mass is 979 g/mol. The van der Waals surface area contributed by atoms with Crippen LogP contribution in [0, 0.1) is 0 Å². The average molecular weight is 980 g/mol. The summed E-state index contributed by atoms with van der Waals surface area (Å²) in [5.74, 6) is -1.60. The van der Waals surface area contributed by atoms with Gasteiger partial charge in [0.05, 0.1) is 25.7 Å². The SMILES string of the molecule is CC(C)(C)OC(=O)NCc1ccc(CC(=O)O)cc1.CC(C)NC(=O)Cc1ccc(CN)cc1.CC(C)NC(=O)Cc1ccc(CNC(=O)OC(C)(C)C)cc1.Cl.NCc1ccc(CC(=O)O)cc1. The highest BCUT2D eigenvalue weighted by Gasteiger charge is 2.17. The summed E-state index contributed by atoms with van der Waals surface area (Å²) < 4.78 is 10.3. The number of amides is 4. The number of nitrogens with two attached hydrogens (primary N) is 2. The van der Waals surface area contributed by atoms with E-state index in [1.165, 1.54) is 0 Å². The van der Waals surface area contributed by atoms with Crippen molar-refractivity contribution in [2.24, 2.45) is 11.5 Å². The summed E-state index contributed by atoms with van der Waals surface area (Å²) in [4.78, 5) is 66.9. The molecule has 380 valence electrons. The number of hydrogen-bond donors (Lipinski definition) is 8. The smallest absolute Gasteiger partial charge is 0.407 e. The number of aliphatic carboxylic acids is 2. The van der Waals surface area contributed by atoms with E-state index in [2.05, 4.69) is 21.3 Å². The van der Waals surface area contributed by atoms with Crippen molar-refractivity contribution in [3.8, 4) is 0 Å². The number of hydrogen-bond acceptors (Lipinski definition) is 10. The van der Waals surface area contributed by atoms with Crippen LogP contribution in [0.15, 0.2) is 97.1 Å². The molecule has 0 saturated heterocycles. The first-order valence-electron chi connectivity index (χ1n) is 22.4. The summed E-state index contributed by atoms with van der Waals surface area (Å²) in [5.41, 5.74) is 17.3. The molecule has 0 aliphatic carbocycles. The van der Waals surface area contributed by atoms with E-state index in [1.807, 2.05) is 109 Å². The third-order valence-electron chi connectivity index (χ3n) is 8.57. The first-order chi connectivity index (χ1) is 31.7. The van der Waals surface area contributed by atoms with Crippen molar-refractivity contribution in [2.45, 2.75) is 144 Å². The largest absolute Gasteiger partial charge is 0.481 e. The highest BCUT2D eigenvalue weighted by Crippen LogP contribution is 2.11. The molecule has 10 N–H and O–H groups in total. The molecule has 4 amide bonds. The molecule has 0 aliphatic rings. The Morgan fingerprint density at radius 3 is 0.899 bits per heavy atom. The minimum atomic E-state index is -0.861. The van der Waals surface area contributed by atoms with Gasteiger partial charge in [-0.05, 0) is 114 Å². The normalized spacial score (nSPS) is 10.5. The van der Waals surface area contributed by atoms with E-state index in [0.717, 1.165) is 44.5 Å². The number of ether oxygens (including phenoxy) is 2. The standard InChI is InChI=1S/C17H26N2O3.C14H19NO4.C12H18N2O.C9H11NO2.ClH/c1-12(2)19-15(20)10-13-6-8-14(9-7-13)11-18-16(21)22-17(3,4)5;1-14(2,3)19-13(18)15-9-11-6-4-10(5-7-11)8-12(16)17;1-9(2)14-12(15)7-10-3-5-11(8-13)6-4-10;10-6-8-3-1-7(2-4-8)5-9(11)12;/h6-9,12H,10-11H2,1-5H3,(H,18,21)(H,19,20);4-7H,8-9H2,1-3H3,(H,15,18)(H,16,17);3-6,9H,7-8,13H2,1-2H3,(H,14,15);1-4H,5-6,10H2,(H,11,12);1H. The molecule has 0 bridgehead atoms. The number of carbonyl (C=O) groups is 6. The minimum absolute atomic E-state index is 0. The van der Waals surface area contributed by atoms with Crippen LogP contribution in [-0.4, -0.2) is 69.4 Å². The Morgan fingerprint density at radius 2 is 0.681 bits per heavy atom. The maximum atomic E-state index is 11.7. The molecule has 4 aromatic carbocycles. The lowest BCUT2D eigenvalue weighted by Crippen LogP contribution is -2.32. The molecule has 0 spiro atoms. The molecule has 4 rings (SSSR count). The molecule has 0 aliphatic heterocycles. The fraction of sp³-hybridized carbons (Fsp3) is 0.423. The highest BCUT2D eigenvalue weighted by atomic mass is 35.5. The summed E-state index contributed by atoms with van der Waals surface area (Å²) >= 11 is 0. The van der Waals surface area contributed by atoms with Crippen molar-refractivity contribution >= 4 is 48.3 Å². The summed E-state index contributed by atoms with van der Waals surface area (Å²) in [6.45, 7) is 20.4. The Bertz CT molecular complexity index is 2150. The second-order valence-corrected chi connectivity index (χ2v) is 18.3. The lowest BCUT2D eigenvalue weighted by Gasteiger charge is -2.19. The van der Waals surface area contributed by atoms with E-state index >= 15 is 0 Å². The van der Waals surface area contributed by atoms with Crippen LogP contribution in [0.4, 0.5) is 9.59 Å². The molecule has 0 fully saturated rings. The fourth-order valence-corrected chi connectivity index (χ4v) is 5.58. The Labute approximate surface area is 414 Å². The second kappa shape index (κ2) is 32.3. The summed E-state index contributed by atoms with van der Waals surface area (Å²) in [6.07, 6.45) is -0.0407. The molecule has 0 unspecified atom stereocenters. The molecular formula is C52H75ClN6O10. The summed E-state index contributed by atoms with van der Waals surface area (Å²) in [7, 11) is 0. The predicted octanol–water partition coefficient (Wildman–Crippen LogP) is 7.52. The summed E-state index contributed by atoms with van der Waals surface area (Å²) in [5, 5.41) is 28.2. The van der Waals surface area contributed by atoms with Crippen molar-refractivity contribution < 1.29 is 48.5 Å². The minimum Gasteiger partial charge on any atom is -0.481 e. The zero-order valence-corrected chi connectivity index (χ0v) is 42.6. The van der Waals surface area contributed by atoms with Gasteiger partial charge in [-0.2, -0.15) is 0 Å². The van der Waals surface area contributed by atoms with Gasteiger partial charge in [0.1, 0.15) is 11.2 Å². The van der Waals surface area contributed by atoms with Gasteiger partial charge < -0.3 is 52.4 Å². The van der Waals surface area contributed by atoms with E-state index < -0.39 is 35.3 Å². The topological polar surface area (TPSA) is 262 Å². The lowest BCUT2D eigenvalue weighted by molar-refractivity contribution is -0.137. The number of carbonyl (C=O) groups excluding carboxylic acids is 4. The zero-order valence-electron chi connectivity index (χ0n) is 41.8. The van der Waals surface area contributed by atoms with Crippen molar-refractivity contribution in [3.05, 3.63) is 142 Å². The van der Waals surface area contributed by atoms with Gasteiger partial charge in [-0.3, -0.25) is 19.2 Å². The van der Waals surface area contributed by atoms with Crippen molar-refractivity contribution in [1.29, 1.82) is 0 Å². The van der Waals surface area contributed by atoms with Crippen LogP contribution in [0.1, 0.15) is 114 Å². The van der Waals surface area contributed by atoms with Crippen LogP contribution in [0.2, 0.25) is 0 Å². The summed E-state index contributed by atoms with van der Waals surface area (Å²) in [6, 6.07) is 30.0. The van der Waals surface area contributed by atoms with E-state index in [4.69, 9.17) is 31.2 Å². The van der Waals surface area contributed by atoms with E-state index in [1.54, 1.807) is 57.2 Å². The first kappa shape index (κ1) is 62.5.